The molecule has 1 amide bonds. The third-order valence-corrected chi connectivity index (χ3v) is 6.73. The van der Waals surface area contributed by atoms with Gasteiger partial charge in [-0.1, -0.05) is 29.0 Å². The lowest BCUT2D eigenvalue weighted by Crippen LogP contribution is -2.29. The number of hydrogen-bond donors (Lipinski definition) is 1. The highest BCUT2D eigenvalue weighted by molar-refractivity contribution is 7.22. The van der Waals surface area contributed by atoms with Crippen LogP contribution in [0.15, 0.2) is 66.5 Å². The van der Waals surface area contributed by atoms with Crippen molar-refractivity contribution in [2.75, 3.05) is 4.90 Å². The van der Waals surface area contributed by atoms with Crippen molar-refractivity contribution in [2.45, 2.75) is 6.04 Å². The van der Waals surface area contributed by atoms with Crippen LogP contribution in [0.4, 0.5) is 15.2 Å². The molecule has 2 aromatic heterocycles. The van der Waals surface area contributed by atoms with Gasteiger partial charge in [-0.2, -0.15) is 0 Å². The maximum absolute atomic E-state index is 14.0. The molecule has 1 unspecified atom stereocenters. The normalized spacial score (nSPS) is 17.3. The first-order chi connectivity index (χ1) is 16.8. The van der Waals surface area contributed by atoms with Crippen LogP contribution < -0.4 is 4.90 Å². The lowest BCUT2D eigenvalue weighted by Gasteiger charge is -2.22. The fraction of sp³-hybridized carbons (Fsp3) is 0.0435. The van der Waals surface area contributed by atoms with Crippen molar-refractivity contribution in [3.8, 4) is 0 Å². The van der Waals surface area contributed by atoms with Gasteiger partial charge in [-0.05, 0) is 35.9 Å². The topological polar surface area (TPSA) is 127 Å². The summed E-state index contributed by atoms with van der Waals surface area (Å²) in [5.74, 6) is -3.09. The number of benzene rings is 2. The quantitative estimate of drug-likeness (QED) is 0.134. The lowest BCUT2D eigenvalue weighted by molar-refractivity contribution is -0.384. The average Bonchev–Trinajstić information content (AvgIpc) is 3.37. The van der Waals surface area contributed by atoms with E-state index < -0.39 is 34.2 Å². The summed E-state index contributed by atoms with van der Waals surface area (Å²) in [5.41, 5.74) is 0.421. The van der Waals surface area contributed by atoms with E-state index >= 15 is 0 Å². The van der Waals surface area contributed by atoms with Gasteiger partial charge >= 0.3 is 5.91 Å². The van der Waals surface area contributed by atoms with E-state index in [4.69, 9.17) is 11.6 Å². The van der Waals surface area contributed by atoms with Crippen LogP contribution in [0.3, 0.4) is 0 Å². The number of fused-ring (bicyclic) bond motifs is 1. The van der Waals surface area contributed by atoms with E-state index in [-0.39, 0.29) is 27.0 Å². The Labute approximate surface area is 204 Å². The lowest BCUT2D eigenvalue weighted by atomic mass is 9.96. The summed E-state index contributed by atoms with van der Waals surface area (Å²) in [4.78, 5) is 46.2. The standard InChI is InChI=1S/C23H12ClFN4O5S/c24-14-8-16-17(9-15(14)25)35-23(27-16)28-19(12-2-1-7-26-10-12)18(21(31)22(28)32)20(30)11-3-5-13(6-4-11)29(33)34/h1-10,19,30H/b20-18+. The van der Waals surface area contributed by atoms with Crippen molar-refractivity contribution in [2.24, 2.45) is 0 Å². The van der Waals surface area contributed by atoms with E-state index in [0.29, 0.717) is 15.8 Å². The minimum absolute atomic E-state index is 0.0976. The van der Waals surface area contributed by atoms with Gasteiger partial charge in [0.25, 0.3) is 11.5 Å². The molecule has 35 heavy (non-hydrogen) atoms. The summed E-state index contributed by atoms with van der Waals surface area (Å²) < 4.78 is 14.4. The number of non-ortho nitro benzene ring substituents is 1. The Hall–Kier alpha value is -4.22. The zero-order valence-corrected chi connectivity index (χ0v) is 19.0. The van der Waals surface area contributed by atoms with Gasteiger partial charge < -0.3 is 5.11 Å². The Balaban J connectivity index is 1.70. The monoisotopic (exact) mass is 510 g/mol. The number of aromatic nitrogens is 2. The molecule has 0 bridgehead atoms. The number of anilines is 1. The number of nitrogens with zero attached hydrogens (tertiary/aromatic N) is 4. The van der Waals surface area contributed by atoms with Crippen molar-refractivity contribution in [3.63, 3.8) is 0 Å². The maximum atomic E-state index is 14.0. The molecular weight excluding hydrogens is 499 g/mol. The third kappa shape index (κ3) is 3.80. The number of hydrogen-bond acceptors (Lipinski definition) is 8. The van der Waals surface area contributed by atoms with Crippen LogP contribution in [0.25, 0.3) is 16.0 Å². The van der Waals surface area contributed by atoms with E-state index in [1.165, 1.54) is 48.8 Å². The minimum atomic E-state index is -1.10. The predicted molar refractivity (Wildman–Crippen MR) is 127 cm³/mol. The Morgan fingerprint density at radius 1 is 1.20 bits per heavy atom. The maximum Gasteiger partial charge on any atom is 0.301 e. The highest BCUT2D eigenvalue weighted by atomic mass is 35.5. The smallest absolute Gasteiger partial charge is 0.301 e. The summed E-state index contributed by atoms with van der Waals surface area (Å²) in [6.07, 6.45) is 2.95. The molecule has 1 fully saturated rings. The largest absolute Gasteiger partial charge is 0.507 e. The second-order valence-corrected chi connectivity index (χ2v) is 8.91. The van der Waals surface area contributed by atoms with Crippen molar-refractivity contribution in [1.82, 2.24) is 9.97 Å². The van der Waals surface area contributed by atoms with E-state index in [1.807, 2.05) is 0 Å². The van der Waals surface area contributed by atoms with Crippen LogP contribution in [-0.2, 0) is 9.59 Å². The second-order valence-electron chi connectivity index (χ2n) is 7.49. The molecule has 3 heterocycles. The van der Waals surface area contributed by atoms with Crippen LogP contribution in [0.2, 0.25) is 5.02 Å². The molecule has 12 heteroatoms. The fourth-order valence-corrected chi connectivity index (χ4v) is 4.95. The number of thiazole rings is 1. The molecule has 5 rings (SSSR count). The highest BCUT2D eigenvalue weighted by Crippen LogP contribution is 2.44. The van der Waals surface area contributed by atoms with Gasteiger partial charge in [0.1, 0.15) is 11.6 Å². The molecule has 0 saturated carbocycles. The van der Waals surface area contributed by atoms with Crippen molar-refractivity contribution in [1.29, 1.82) is 0 Å². The SMILES string of the molecule is O=C1C(=O)N(c2nc3cc(Cl)c(F)cc3s2)C(c2cccnc2)/C1=C(\O)c1ccc([N+](=O)[O-])cc1. The Bertz CT molecular complexity index is 1520. The first-order valence-corrected chi connectivity index (χ1v) is 11.2. The second kappa shape index (κ2) is 8.53. The Morgan fingerprint density at radius 2 is 1.94 bits per heavy atom. The van der Waals surface area contributed by atoms with E-state index in [2.05, 4.69) is 9.97 Å². The van der Waals surface area contributed by atoms with Crippen molar-refractivity contribution >= 4 is 61.4 Å². The summed E-state index contributed by atoms with van der Waals surface area (Å²) in [6.45, 7) is 0. The number of aliphatic hydroxyl groups excluding tert-OH is 1. The molecule has 9 nitrogen and oxygen atoms in total. The van der Waals surface area contributed by atoms with Gasteiger partial charge in [-0.3, -0.25) is 29.6 Å². The number of pyridine rings is 1. The van der Waals surface area contributed by atoms with Crippen molar-refractivity contribution in [3.05, 3.63) is 98.6 Å². The van der Waals surface area contributed by atoms with E-state index in [1.54, 1.807) is 12.1 Å². The van der Waals surface area contributed by atoms with Crippen LogP contribution in [-0.4, -0.2) is 31.7 Å². The number of nitro benzene ring substituents is 1. The molecule has 174 valence electrons. The minimum Gasteiger partial charge on any atom is -0.507 e. The number of carbonyl (C=O) groups excluding carboxylic acids is 2. The van der Waals surface area contributed by atoms with Crippen LogP contribution in [0.1, 0.15) is 17.2 Å². The first kappa shape index (κ1) is 22.6. The summed E-state index contributed by atoms with van der Waals surface area (Å²) >= 11 is 6.84. The number of halogens is 2. The number of aliphatic hydroxyl groups is 1. The molecule has 1 aliphatic rings. The molecule has 1 atom stereocenters. The number of amides is 1. The zero-order valence-electron chi connectivity index (χ0n) is 17.4. The highest BCUT2D eigenvalue weighted by Gasteiger charge is 2.48. The first-order valence-electron chi connectivity index (χ1n) is 9.97. The molecule has 1 N–H and O–H groups in total. The number of ketones is 1. The molecule has 2 aromatic carbocycles. The van der Waals surface area contributed by atoms with Crippen LogP contribution >= 0.6 is 22.9 Å². The number of rotatable bonds is 4. The van der Waals surface area contributed by atoms with Gasteiger partial charge in [0.15, 0.2) is 5.13 Å². The molecule has 0 aliphatic carbocycles. The average molecular weight is 511 g/mol. The summed E-state index contributed by atoms with van der Waals surface area (Å²) in [7, 11) is 0. The fourth-order valence-electron chi connectivity index (χ4n) is 3.79. The molecule has 0 spiro atoms. The summed E-state index contributed by atoms with van der Waals surface area (Å²) in [5, 5.41) is 22.0. The Morgan fingerprint density at radius 3 is 2.60 bits per heavy atom. The van der Waals surface area contributed by atoms with Gasteiger partial charge in [0.05, 0.1) is 31.8 Å². The number of Topliss-reactive ketones (excluding diaryl/α,β-unsaturated/α-hetero) is 1. The third-order valence-electron chi connectivity index (χ3n) is 5.42. The van der Waals surface area contributed by atoms with Crippen LogP contribution in [0, 0.1) is 15.9 Å². The van der Waals surface area contributed by atoms with Crippen molar-refractivity contribution < 1.29 is 24.0 Å². The van der Waals surface area contributed by atoms with Gasteiger partial charge in [0.2, 0.25) is 0 Å². The predicted octanol–water partition coefficient (Wildman–Crippen LogP) is 5.02. The number of nitro groups is 1. The Kier molecular flexibility index (Phi) is 5.50. The summed E-state index contributed by atoms with van der Waals surface area (Å²) in [6, 6.07) is 9.56. The molecule has 4 aromatic rings. The van der Waals surface area contributed by atoms with Gasteiger partial charge in [-0.15, -0.1) is 0 Å². The zero-order chi connectivity index (χ0) is 24.9. The number of carbonyl (C=O) groups is 2. The van der Waals surface area contributed by atoms with E-state index in [9.17, 15) is 29.2 Å². The van der Waals surface area contributed by atoms with Gasteiger partial charge in [-0.25, -0.2) is 9.37 Å². The molecule has 0 radical (unpaired) electrons. The van der Waals surface area contributed by atoms with Gasteiger partial charge in [0, 0.05) is 30.1 Å². The molecule has 1 saturated heterocycles. The molecular formula is C23H12ClFN4O5S. The van der Waals surface area contributed by atoms with E-state index in [0.717, 1.165) is 16.2 Å². The van der Waals surface area contributed by atoms with Crippen LogP contribution in [0.5, 0.6) is 0 Å². The molecule has 1 aliphatic heterocycles.